The van der Waals surface area contributed by atoms with Crippen molar-refractivity contribution in [3.05, 3.63) is 40.5 Å². The van der Waals surface area contributed by atoms with Crippen molar-refractivity contribution >= 4 is 5.78 Å². The number of carbonyl (C=O) groups excluding carboxylic acids is 1. The molecule has 2 saturated carbocycles. The van der Waals surface area contributed by atoms with Gasteiger partial charge in [0, 0.05) is 24.6 Å². The molecule has 0 amide bonds. The Balaban J connectivity index is 1.15. The molecule has 1 N–H and O–H groups in total. The summed E-state index contributed by atoms with van der Waals surface area (Å²) in [7, 11) is 3.81. The third kappa shape index (κ3) is 3.70. The highest BCUT2D eigenvalue weighted by Gasteiger charge is 2.57. The van der Waals surface area contributed by atoms with Crippen LogP contribution in [-0.4, -0.2) is 49.4 Å². The van der Waals surface area contributed by atoms with Crippen molar-refractivity contribution in [3.8, 4) is 17.2 Å². The Bertz CT molecular complexity index is 1270. The number of benzene rings is 1. The fourth-order valence-electron chi connectivity index (χ4n) is 9.71. The Hall–Kier alpha value is -2.31. The molecule has 1 aromatic carbocycles. The second-order valence-electron chi connectivity index (χ2n) is 13.6. The Morgan fingerprint density at radius 3 is 2.77 bits per heavy atom. The lowest BCUT2D eigenvalue weighted by Gasteiger charge is -2.57. The predicted octanol–water partition coefficient (Wildman–Crippen LogP) is 5.77. The fourth-order valence-corrected chi connectivity index (χ4v) is 9.71. The van der Waals surface area contributed by atoms with E-state index >= 15 is 0 Å². The van der Waals surface area contributed by atoms with Crippen molar-refractivity contribution in [2.75, 3.05) is 27.5 Å². The van der Waals surface area contributed by atoms with Gasteiger partial charge in [-0.05, 0) is 104 Å². The molecule has 0 aromatic heterocycles. The third-order valence-corrected chi connectivity index (χ3v) is 11.9. The van der Waals surface area contributed by atoms with E-state index in [1.54, 1.807) is 7.11 Å². The molecule has 0 unspecified atom stereocenters. The van der Waals surface area contributed by atoms with Crippen molar-refractivity contribution in [1.29, 1.82) is 0 Å². The number of nitrogens with zero attached hydrogens (tertiary/aromatic N) is 1. The van der Waals surface area contributed by atoms with Gasteiger partial charge in [0.25, 0.3) is 0 Å². The van der Waals surface area contributed by atoms with E-state index in [2.05, 4.69) is 44.0 Å². The van der Waals surface area contributed by atoms with Gasteiger partial charge in [-0.2, -0.15) is 0 Å². The smallest absolute Gasteiger partial charge is 0.231 e. The molecule has 2 aliphatic heterocycles. The lowest BCUT2D eigenvalue weighted by molar-refractivity contribution is -0.119. The van der Waals surface area contributed by atoms with Gasteiger partial charge in [0.15, 0.2) is 17.3 Å². The van der Waals surface area contributed by atoms with Crippen LogP contribution < -0.4 is 14.2 Å². The van der Waals surface area contributed by atoms with Crippen LogP contribution in [0, 0.1) is 28.6 Å². The molecule has 0 spiro atoms. The molecule has 0 saturated heterocycles. The molecule has 7 rings (SSSR count). The van der Waals surface area contributed by atoms with E-state index in [1.165, 1.54) is 17.6 Å². The zero-order chi connectivity index (χ0) is 27.1. The number of aliphatic hydroxyl groups is 1. The summed E-state index contributed by atoms with van der Waals surface area (Å²) in [4.78, 5) is 16.5. The van der Waals surface area contributed by atoms with Gasteiger partial charge < -0.3 is 19.3 Å². The first-order valence-corrected chi connectivity index (χ1v) is 15.1. The summed E-state index contributed by atoms with van der Waals surface area (Å²) >= 11 is 0. The Morgan fingerprint density at radius 1 is 1.13 bits per heavy atom. The average Bonchev–Trinajstić information content (AvgIpc) is 3.53. The summed E-state index contributed by atoms with van der Waals surface area (Å²) in [5, 5.41) is 10.3. The first kappa shape index (κ1) is 25.6. The zero-order valence-corrected chi connectivity index (χ0v) is 23.9. The Morgan fingerprint density at radius 2 is 1.95 bits per heavy atom. The lowest BCUT2D eigenvalue weighted by atomic mass is 9.47. The number of likely N-dealkylation sites (N-methyl/N-ethyl adjacent to an activating group) is 1. The van der Waals surface area contributed by atoms with Gasteiger partial charge in [-0.1, -0.05) is 31.6 Å². The van der Waals surface area contributed by atoms with Crippen LogP contribution in [-0.2, 0) is 11.2 Å². The van der Waals surface area contributed by atoms with Crippen molar-refractivity contribution in [2.45, 2.75) is 83.8 Å². The van der Waals surface area contributed by atoms with Crippen LogP contribution in [0.1, 0.15) is 82.4 Å². The predicted molar refractivity (Wildman–Crippen MR) is 149 cm³/mol. The lowest BCUT2D eigenvalue weighted by Crippen LogP contribution is -2.50. The van der Waals surface area contributed by atoms with E-state index in [0.717, 1.165) is 74.1 Å². The highest BCUT2D eigenvalue weighted by molar-refractivity contribution is 5.98. The number of carbonyl (C=O) groups is 1. The van der Waals surface area contributed by atoms with Gasteiger partial charge in [-0.15, -0.1) is 0 Å². The minimum Gasteiger partial charge on any atom is -0.492 e. The molecular weight excluding hydrogens is 490 g/mol. The van der Waals surface area contributed by atoms with Crippen LogP contribution in [0.3, 0.4) is 0 Å². The quantitative estimate of drug-likeness (QED) is 0.496. The van der Waals surface area contributed by atoms with Crippen LogP contribution in [0.2, 0.25) is 0 Å². The molecule has 0 bridgehead atoms. The standard InChI is InChI=1S/C33H43NO5/c1-32-12-9-21(35)16-20(32)5-6-22-23-7-8-25(33(23,2)13-10-24(22)32)27(36)17-26-29-19(11-14-34(26)3)15-28-30(31(29)37-4)39-18-38-28/h5,8,15,21-24,26,35H,6-7,9-14,16-18H2,1-4H3/t21-,22-,23-,24-,26+,32-,33-/m0/s1. The van der Waals surface area contributed by atoms with E-state index in [0.29, 0.717) is 35.7 Å². The largest absolute Gasteiger partial charge is 0.492 e. The maximum Gasteiger partial charge on any atom is 0.231 e. The number of methoxy groups -OCH3 is 1. The molecular formula is C33H43NO5. The van der Waals surface area contributed by atoms with Crippen LogP contribution in [0.4, 0.5) is 0 Å². The fraction of sp³-hybridized carbons (Fsp3) is 0.667. The minimum atomic E-state index is -0.172. The van der Waals surface area contributed by atoms with Gasteiger partial charge in [0.2, 0.25) is 12.5 Å². The highest BCUT2D eigenvalue weighted by Crippen LogP contribution is 2.65. The zero-order valence-electron chi connectivity index (χ0n) is 23.9. The molecule has 4 aliphatic carbocycles. The second kappa shape index (κ2) is 9.10. The number of ketones is 1. The molecule has 0 radical (unpaired) electrons. The van der Waals surface area contributed by atoms with Gasteiger partial charge in [0.1, 0.15) is 0 Å². The topological polar surface area (TPSA) is 68.2 Å². The number of ether oxygens (including phenoxy) is 3. The molecule has 2 heterocycles. The van der Waals surface area contributed by atoms with E-state index in [1.807, 2.05) is 0 Å². The van der Waals surface area contributed by atoms with E-state index in [-0.39, 0.29) is 29.8 Å². The van der Waals surface area contributed by atoms with Gasteiger partial charge in [-0.25, -0.2) is 0 Å². The van der Waals surface area contributed by atoms with Crippen molar-refractivity contribution in [1.82, 2.24) is 4.90 Å². The van der Waals surface area contributed by atoms with Crippen LogP contribution in [0.5, 0.6) is 17.2 Å². The molecule has 210 valence electrons. The molecule has 1 aromatic rings. The maximum absolute atomic E-state index is 14.2. The summed E-state index contributed by atoms with van der Waals surface area (Å²) in [6.45, 7) is 5.96. The minimum absolute atomic E-state index is 0.0432. The summed E-state index contributed by atoms with van der Waals surface area (Å²) in [6.07, 6.45) is 13.2. The number of Topliss-reactive ketones (excluding diaryl/α,β-unsaturated/α-hetero) is 1. The molecule has 6 nitrogen and oxygen atoms in total. The second-order valence-corrected chi connectivity index (χ2v) is 13.6. The van der Waals surface area contributed by atoms with E-state index in [4.69, 9.17) is 14.2 Å². The first-order valence-electron chi connectivity index (χ1n) is 15.1. The SMILES string of the molecule is COc1c2c(cc3c1[C@@H](CC(=O)C1=CC[C@H]4[C@@H]5CC=C6C[C@@H](O)CC[C@]6(C)[C@H]5CC[C@]14C)N(C)CC3)OCO2. The maximum atomic E-state index is 14.2. The number of fused-ring (bicyclic) bond motifs is 7. The van der Waals surface area contributed by atoms with E-state index in [9.17, 15) is 9.90 Å². The van der Waals surface area contributed by atoms with Crippen LogP contribution in [0.25, 0.3) is 0 Å². The Kier molecular flexibility index (Phi) is 5.99. The number of aliphatic hydroxyl groups excluding tert-OH is 1. The summed E-state index contributed by atoms with van der Waals surface area (Å²) in [6, 6.07) is 2.05. The average molecular weight is 534 g/mol. The first-order chi connectivity index (χ1) is 18.7. The summed E-state index contributed by atoms with van der Waals surface area (Å²) < 4.78 is 17.4. The van der Waals surface area contributed by atoms with Gasteiger partial charge in [-0.3, -0.25) is 9.69 Å². The van der Waals surface area contributed by atoms with Gasteiger partial charge in [0.05, 0.1) is 13.2 Å². The molecule has 2 fully saturated rings. The molecule has 39 heavy (non-hydrogen) atoms. The van der Waals surface area contributed by atoms with Crippen LogP contribution in [0.15, 0.2) is 29.4 Å². The monoisotopic (exact) mass is 533 g/mol. The highest BCUT2D eigenvalue weighted by atomic mass is 16.7. The Labute approximate surface area is 232 Å². The van der Waals surface area contributed by atoms with Crippen molar-refractivity contribution in [3.63, 3.8) is 0 Å². The van der Waals surface area contributed by atoms with Crippen LogP contribution >= 0.6 is 0 Å². The van der Waals surface area contributed by atoms with Gasteiger partial charge >= 0.3 is 0 Å². The molecule has 6 aliphatic rings. The van der Waals surface area contributed by atoms with Crippen molar-refractivity contribution in [2.24, 2.45) is 28.6 Å². The number of allylic oxidation sites excluding steroid dienone is 3. The van der Waals surface area contributed by atoms with Crippen molar-refractivity contribution < 1.29 is 24.1 Å². The number of hydrogen-bond acceptors (Lipinski definition) is 6. The van der Waals surface area contributed by atoms with E-state index < -0.39 is 0 Å². The normalized spacial score (nSPS) is 38.6. The summed E-state index contributed by atoms with van der Waals surface area (Å²) in [5.74, 6) is 4.24. The third-order valence-electron chi connectivity index (χ3n) is 11.9. The molecule has 6 heteroatoms. The summed E-state index contributed by atoms with van der Waals surface area (Å²) in [5.41, 5.74) is 5.03. The number of rotatable bonds is 4. The number of hydrogen-bond donors (Lipinski definition) is 1. The molecule has 7 atom stereocenters.